The Balaban J connectivity index is 0.000000638. The van der Waals surface area contributed by atoms with Gasteiger partial charge in [-0.2, -0.15) is 0 Å². The zero-order valence-electron chi connectivity index (χ0n) is 13.0. The van der Waals surface area contributed by atoms with Gasteiger partial charge < -0.3 is 23.4 Å². The second-order valence-electron chi connectivity index (χ2n) is 5.22. The van der Waals surface area contributed by atoms with E-state index in [-0.39, 0.29) is 42.8 Å². The average molecular weight is 530 g/mol. The van der Waals surface area contributed by atoms with Gasteiger partial charge in [0, 0.05) is 25.8 Å². The van der Waals surface area contributed by atoms with Gasteiger partial charge in [0.2, 0.25) is 0 Å². The van der Waals surface area contributed by atoms with Crippen molar-refractivity contribution in [2.45, 2.75) is 11.8 Å². The van der Waals surface area contributed by atoms with Crippen LogP contribution in [0.1, 0.15) is 34.1 Å². The third-order valence-corrected chi connectivity index (χ3v) is 4.09. The van der Waals surface area contributed by atoms with Crippen LogP contribution < -0.4 is 17.0 Å². The molecule has 0 aromatic heterocycles. The van der Waals surface area contributed by atoms with Crippen LogP contribution in [0.25, 0.3) is 12.2 Å². The summed E-state index contributed by atoms with van der Waals surface area (Å²) in [5.41, 5.74) is 5.58. The summed E-state index contributed by atoms with van der Waals surface area (Å²) < 4.78 is 0. The molecule has 0 radical (unpaired) electrons. The van der Waals surface area contributed by atoms with Gasteiger partial charge in [-0.15, -0.1) is 37.1 Å². The molecule has 0 spiro atoms. The van der Waals surface area contributed by atoms with Crippen molar-refractivity contribution < 1.29 is 42.8 Å². The molecule has 0 amide bonds. The van der Waals surface area contributed by atoms with Crippen LogP contribution >= 0.6 is 0 Å². The largest absolute Gasteiger partial charge is 1.00 e. The molecule has 0 N–H and O–H groups in total. The summed E-state index contributed by atoms with van der Waals surface area (Å²) in [4.78, 5) is 0. The molecule has 2 atom stereocenters. The van der Waals surface area contributed by atoms with E-state index in [0.29, 0.717) is 11.8 Å². The maximum Gasteiger partial charge on any atom is 0 e. The topological polar surface area (TPSA) is 0 Å². The van der Waals surface area contributed by atoms with E-state index in [9.17, 15) is 0 Å². The summed E-state index contributed by atoms with van der Waals surface area (Å²) >= 11 is 0. The number of rotatable bonds is 2. The molecule has 2 heteroatoms. The molecule has 0 aliphatic heterocycles. The molecule has 2 unspecified atom stereocenters. The summed E-state index contributed by atoms with van der Waals surface area (Å²) in [6.45, 7) is 6.00. The van der Waals surface area contributed by atoms with Crippen molar-refractivity contribution >= 4 is 12.2 Å². The van der Waals surface area contributed by atoms with Gasteiger partial charge >= 0.3 is 0 Å². The van der Waals surface area contributed by atoms with Gasteiger partial charge in [-0.1, -0.05) is 71.8 Å². The Kier molecular flexibility index (Phi) is 8.15. The Morgan fingerprint density at radius 3 is 1.52 bits per heavy atom. The van der Waals surface area contributed by atoms with E-state index >= 15 is 0 Å². The first-order valence-electron chi connectivity index (χ1n) is 7.31. The minimum absolute atomic E-state index is 0. The quantitative estimate of drug-likeness (QED) is 0.319. The van der Waals surface area contributed by atoms with Crippen molar-refractivity contribution in [1.82, 2.24) is 0 Å². The zero-order chi connectivity index (χ0) is 14.7. The molecule has 0 bridgehead atoms. The van der Waals surface area contributed by atoms with Crippen LogP contribution in [-0.2, 0) is 25.8 Å². The Bertz CT molecular complexity index is 643. The van der Waals surface area contributed by atoms with Crippen molar-refractivity contribution in [3.05, 3.63) is 103 Å². The Hall–Kier alpha value is -0.990. The fourth-order valence-electron chi connectivity index (χ4n) is 3.11. The van der Waals surface area contributed by atoms with Crippen LogP contribution in [0.3, 0.4) is 0 Å². The second kappa shape index (κ2) is 9.34. The van der Waals surface area contributed by atoms with E-state index < -0.39 is 0 Å². The molecule has 2 aliphatic carbocycles. The molecule has 0 saturated heterocycles. The van der Waals surface area contributed by atoms with Gasteiger partial charge in [0.1, 0.15) is 0 Å². The SMILES string of the molecule is C1=CC([CH-]C2C=Cc3ccccc32)c2ccccc21.C=C.[Br-].[Hf]. The number of halogens is 1. The van der Waals surface area contributed by atoms with Gasteiger partial charge in [-0.25, -0.2) is 0 Å². The molecule has 2 aliphatic rings. The third-order valence-electron chi connectivity index (χ3n) is 4.09. The maximum atomic E-state index is 3.00. The molecule has 0 nitrogen and oxygen atoms in total. The van der Waals surface area contributed by atoms with Gasteiger partial charge in [-0.3, -0.25) is 0 Å². The van der Waals surface area contributed by atoms with E-state index in [1.807, 2.05) is 0 Å². The summed E-state index contributed by atoms with van der Waals surface area (Å²) in [5, 5.41) is 0. The predicted octanol–water partition coefficient (Wildman–Crippen LogP) is 2.62. The van der Waals surface area contributed by atoms with Gasteiger partial charge in [0.25, 0.3) is 0 Å². The molecule has 0 heterocycles. The predicted molar refractivity (Wildman–Crippen MR) is 92.0 cm³/mol. The molecule has 2 aromatic rings. The molecule has 116 valence electrons. The first kappa shape index (κ1) is 20.1. The smallest absolute Gasteiger partial charge is 0 e. The standard InChI is InChI=1S/C19H15.C2H4.BrH.Hf/c1-3-7-18-14(5-1)9-11-16(18)13-17-12-10-15-6-2-4-8-19(15)17;1-2;;/h1-13,16-17H;1-2H2;1H;/q-1;;;/p-1. The molecule has 23 heavy (non-hydrogen) atoms. The van der Waals surface area contributed by atoms with Crippen molar-refractivity contribution in [2.75, 3.05) is 0 Å². The number of fused-ring (bicyclic) bond motifs is 2. The van der Waals surface area contributed by atoms with Crippen LogP contribution in [0.15, 0.2) is 73.8 Å². The normalized spacial score (nSPS) is 18.8. The van der Waals surface area contributed by atoms with Crippen LogP contribution in [0.5, 0.6) is 0 Å². The minimum atomic E-state index is 0. The van der Waals surface area contributed by atoms with E-state index in [1.54, 1.807) is 0 Å². The van der Waals surface area contributed by atoms with Crippen LogP contribution in [0.4, 0.5) is 0 Å². The molecular weight excluding hydrogens is 511 g/mol. The average Bonchev–Trinajstić information content (AvgIpc) is 3.15. The number of benzene rings is 2. The second-order valence-corrected chi connectivity index (χ2v) is 5.22. The minimum Gasteiger partial charge on any atom is -1.00 e. The maximum absolute atomic E-state index is 3.00. The Morgan fingerprint density at radius 1 is 0.696 bits per heavy atom. The summed E-state index contributed by atoms with van der Waals surface area (Å²) in [7, 11) is 0. The van der Waals surface area contributed by atoms with E-state index in [0.717, 1.165) is 0 Å². The molecule has 0 fully saturated rings. The van der Waals surface area contributed by atoms with Crippen LogP contribution in [0, 0.1) is 6.42 Å². The summed E-state index contributed by atoms with van der Waals surface area (Å²) in [5.74, 6) is 0.883. The molecule has 4 rings (SSSR count). The van der Waals surface area contributed by atoms with Crippen LogP contribution in [-0.4, -0.2) is 0 Å². The Labute approximate surface area is 168 Å². The van der Waals surface area contributed by atoms with E-state index in [1.165, 1.54) is 22.3 Å². The van der Waals surface area contributed by atoms with Gasteiger partial charge in [0.05, 0.1) is 0 Å². The van der Waals surface area contributed by atoms with E-state index in [2.05, 4.69) is 92.4 Å². The van der Waals surface area contributed by atoms with Crippen LogP contribution in [0.2, 0.25) is 0 Å². The molecular formula is C21H19BrHf-2. The van der Waals surface area contributed by atoms with E-state index in [4.69, 9.17) is 0 Å². The molecule has 2 aromatic carbocycles. The van der Waals surface area contributed by atoms with Crippen molar-refractivity contribution in [3.63, 3.8) is 0 Å². The molecule has 0 saturated carbocycles. The van der Waals surface area contributed by atoms with Gasteiger partial charge in [-0.05, 0) is 11.1 Å². The zero-order valence-corrected chi connectivity index (χ0v) is 18.1. The summed E-state index contributed by atoms with van der Waals surface area (Å²) in [6.07, 6.45) is 11.5. The van der Waals surface area contributed by atoms with Crippen molar-refractivity contribution in [3.8, 4) is 0 Å². The van der Waals surface area contributed by atoms with Gasteiger partial charge in [0.15, 0.2) is 0 Å². The summed E-state index contributed by atoms with van der Waals surface area (Å²) in [6, 6.07) is 17.3. The fourth-order valence-corrected chi connectivity index (χ4v) is 3.11. The monoisotopic (exact) mass is 530 g/mol. The number of hydrogen-bond donors (Lipinski definition) is 0. The number of hydrogen-bond acceptors (Lipinski definition) is 0. The first-order chi connectivity index (χ1) is 10.4. The fraction of sp³-hybridized carbons (Fsp3) is 0.0952. The van der Waals surface area contributed by atoms with Crippen molar-refractivity contribution in [1.29, 1.82) is 0 Å². The third kappa shape index (κ3) is 4.10. The Morgan fingerprint density at radius 2 is 1.09 bits per heavy atom. The first-order valence-corrected chi connectivity index (χ1v) is 7.31. The van der Waals surface area contributed by atoms with Crippen molar-refractivity contribution in [2.24, 2.45) is 0 Å². The number of allylic oxidation sites excluding steroid dienone is 2.